The van der Waals surface area contributed by atoms with Crippen LogP contribution < -0.4 is 5.32 Å². The number of nitrogens with one attached hydrogen (secondary N) is 1. The molecule has 0 saturated carbocycles. The molecule has 2 heterocycles. The average Bonchev–Trinajstić information content (AvgIpc) is 2.47. The second kappa shape index (κ2) is 6.57. The van der Waals surface area contributed by atoms with Crippen LogP contribution in [-0.4, -0.2) is 48.8 Å². The minimum absolute atomic E-state index is 0.329. The number of aliphatic hydroxyl groups is 1. The molecule has 4 heteroatoms. The first-order valence-electron chi connectivity index (χ1n) is 7.83. The number of hydrogen-bond donors (Lipinski definition) is 2. The van der Waals surface area contributed by atoms with Crippen LogP contribution in [0.5, 0.6) is 0 Å². The van der Waals surface area contributed by atoms with Gasteiger partial charge >= 0.3 is 0 Å². The Morgan fingerprint density at radius 2 is 1.90 bits per heavy atom. The number of nitriles is 1. The molecule has 2 saturated heterocycles. The van der Waals surface area contributed by atoms with Gasteiger partial charge in [-0.3, -0.25) is 0 Å². The molecule has 0 radical (unpaired) electrons. The van der Waals surface area contributed by atoms with Crippen LogP contribution in [0.3, 0.4) is 0 Å². The van der Waals surface area contributed by atoms with E-state index in [2.05, 4.69) is 16.3 Å². The van der Waals surface area contributed by atoms with Crippen LogP contribution in [0.1, 0.15) is 17.5 Å². The van der Waals surface area contributed by atoms with Gasteiger partial charge in [0, 0.05) is 19.6 Å². The third-order valence-corrected chi connectivity index (χ3v) is 4.59. The van der Waals surface area contributed by atoms with Crippen molar-refractivity contribution in [1.82, 2.24) is 10.2 Å². The average molecular weight is 285 g/mol. The van der Waals surface area contributed by atoms with E-state index < -0.39 is 0 Å². The van der Waals surface area contributed by atoms with Crippen LogP contribution in [0.2, 0.25) is 0 Å². The highest BCUT2D eigenvalue weighted by Gasteiger charge is 2.30. The maximum Gasteiger partial charge on any atom is 0.0991 e. The standard InChI is InChI=1S/C17H23N3O/c18-7-14-3-1-13(2-4-14)6-17(21)12-20-10-15-5-16(11-20)9-19-8-15/h1-4,15-17,19,21H,5-6,8-12H2. The van der Waals surface area contributed by atoms with Crippen molar-refractivity contribution in [3.63, 3.8) is 0 Å². The predicted molar refractivity (Wildman–Crippen MR) is 81.8 cm³/mol. The van der Waals surface area contributed by atoms with Gasteiger partial charge in [-0.15, -0.1) is 0 Å². The zero-order chi connectivity index (χ0) is 14.7. The van der Waals surface area contributed by atoms with E-state index in [1.165, 1.54) is 6.42 Å². The molecule has 21 heavy (non-hydrogen) atoms. The number of nitrogens with zero attached hydrogens (tertiary/aromatic N) is 2. The lowest BCUT2D eigenvalue weighted by molar-refractivity contribution is 0.0498. The van der Waals surface area contributed by atoms with E-state index in [9.17, 15) is 5.11 Å². The minimum atomic E-state index is -0.329. The maximum absolute atomic E-state index is 10.3. The molecule has 0 amide bonds. The molecule has 2 bridgehead atoms. The van der Waals surface area contributed by atoms with Crippen LogP contribution in [-0.2, 0) is 6.42 Å². The lowest BCUT2D eigenvalue weighted by Crippen LogP contribution is -2.52. The van der Waals surface area contributed by atoms with Crippen molar-refractivity contribution in [3.8, 4) is 6.07 Å². The van der Waals surface area contributed by atoms with Crippen molar-refractivity contribution >= 4 is 0 Å². The molecule has 0 aliphatic carbocycles. The molecular formula is C17H23N3O. The maximum atomic E-state index is 10.3. The highest BCUT2D eigenvalue weighted by molar-refractivity contribution is 5.31. The summed E-state index contributed by atoms with van der Waals surface area (Å²) in [7, 11) is 0. The number of piperidine rings is 2. The van der Waals surface area contributed by atoms with Crippen LogP contribution in [0.4, 0.5) is 0 Å². The molecule has 3 rings (SSSR count). The summed E-state index contributed by atoms with van der Waals surface area (Å²) in [5.41, 5.74) is 1.77. The molecule has 3 atom stereocenters. The Kier molecular flexibility index (Phi) is 4.54. The van der Waals surface area contributed by atoms with Crippen LogP contribution >= 0.6 is 0 Å². The Morgan fingerprint density at radius 1 is 1.24 bits per heavy atom. The highest BCUT2D eigenvalue weighted by atomic mass is 16.3. The Hall–Kier alpha value is -1.41. The number of benzene rings is 1. The lowest BCUT2D eigenvalue weighted by Gasteiger charge is -2.42. The molecule has 0 aromatic heterocycles. The zero-order valence-corrected chi connectivity index (χ0v) is 12.3. The zero-order valence-electron chi connectivity index (χ0n) is 12.3. The summed E-state index contributed by atoms with van der Waals surface area (Å²) in [6, 6.07) is 9.64. The van der Waals surface area contributed by atoms with Gasteiger partial charge < -0.3 is 15.3 Å². The first-order valence-corrected chi connectivity index (χ1v) is 7.83. The summed E-state index contributed by atoms with van der Waals surface area (Å²) in [4.78, 5) is 2.42. The van der Waals surface area contributed by atoms with Crippen LogP contribution in [0.25, 0.3) is 0 Å². The number of β-amino-alcohol motifs (C(OH)–C–C–N with tert-alkyl or cyclic N) is 1. The summed E-state index contributed by atoms with van der Waals surface area (Å²) in [5, 5.41) is 22.6. The molecule has 1 aromatic carbocycles. The summed E-state index contributed by atoms with van der Waals surface area (Å²) in [6.07, 6.45) is 1.68. The second-order valence-corrected chi connectivity index (χ2v) is 6.51. The summed E-state index contributed by atoms with van der Waals surface area (Å²) in [6.45, 7) is 5.21. The van der Waals surface area contributed by atoms with Gasteiger partial charge in [0.1, 0.15) is 0 Å². The predicted octanol–water partition coefficient (Wildman–Crippen LogP) is 1.00. The molecule has 2 fully saturated rings. The fourth-order valence-corrected chi connectivity index (χ4v) is 3.71. The molecule has 4 nitrogen and oxygen atoms in total. The molecule has 2 aliphatic heterocycles. The van der Waals surface area contributed by atoms with Crippen molar-refractivity contribution < 1.29 is 5.11 Å². The Balaban J connectivity index is 1.51. The molecular weight excluding hydrogens is 262 g/mol. The third kappa shape index (κ3) is 3.82. The summed E-state index contributed by atoms with van der Waals surface area (Å²) in [5.74, 6) is 1.50. The topological polar surface area (TPSA) is 59.3 Å². The third-order valence-electron chi connectivity index (χ3n) is 4.59. The first-order chi connectivity index (χ1) is 10.2. The second-order valence-electron chi connectivity index (χ2n) is 6.51. The molecule has 3 unspecified atom stereocenters. The van der Waals surface area contributed by atoms with Gasteiger partial charge in [0.05, 0.1) is 17.7 Å². The van der Waals surface area contributed by atoms with Crippen molar-refractivity contribution in [2.45, 2.75) is 18.9 Å². The number of likely N-dealkylation sites (tertiary alicyclic amines) is 1. The number of rotatable bonds is 4. The molecule has 0 spiro atoms. The molecule has 2 aliphatic rings. The monoisotopic (exact) mass is 285 g/mol. The van der Waals surface area contributed by atoms with E-state index in [1.54, 1.807) is 0 Å². The van der Waals surface area contributed by atoms with E-state index in [0.29, 0.717) is 12.0 Å². The summed E-state index contributed by atoms with van der Waals surface area (Å²) >= 11 is 0. The molecule has 1 aromatic rings. The smallest absolute Gasteiger partial charge is 0.0991 e. The number of hydrogen-bond acceptors (Lipinski definition) is 4. The quantitative estimate of drug-likeness (QED) is 0.866. The Labute approximate surface area is 126 Å². The molecule has 2 N–H and O–H groups in total. The van der Waals surface area contributed by atoms with Gasteiger partial charge in [-0.1, -0.05) is 12.1 Å². The van der Waals surface area contributed by atoms with Crippen molar-refractivity contribution in [2.24, 2.45) is 11.8 Å². The highest BCUT2D eigenvalue weighted by Crippen LogP contribution is 2.24. The minimum Gasteiger partial charge on any atom is -0.391 e. The summed E-state index contributed by atoms with van der Waals surface area (Å²) < 4.78 is 0. The number of aliphatic hydroxyl groups excluding tert-OH is 1. The number of fused-ring (bicyclic) bond motifs is 2. The van der Waals surface area contributed by atoms with Gasteiger partial charge in [-0.2, -0.15) is 5.26 Å². The largest absolute Gasteiger partial charge is 0.391 e. The van der Waals surface area contributed by atoms with E-state index in [-0.39, 0.29) is 6.10 Å². The van der Waals surface area contributed by atoms with E-state index in [0.717, 1.165) is 50.1 Å². The first kappa shape index (κ1) is 14.5. The Morgan fingerprint density at radius 3 is 2.52 bits per heavy atom. The van der Waals surface area contributed by atoms with Gasteiger partial charge in [0.25, 0.3) is 0 Å². The van der Waals surface area contributed by atoms with E-state index >= 15 is 0 Å². The fourth-order valence-electron chi connectivity index (χ4n) is 3.71. The fraction of sp³-hybridized carbons (Fsp3) is 0.588. The van der Waals surface area contributed by atoms with Crippen molar-refractivity contribution in [1.29, 1.82) is 5.26 Å². The SMILES string of the molecule is N#Cc1ccc(CC(O)CN2CC3CNCC(C3)C2)cc1. The van der Waals surface area contributed by atoms with Gasteiger partial charge in [-0.25, -0.2) is 0 Å². The normalized spacial score (nSPS) is 27.0. The van der Waals surface area contributed by atoms with Gasteiger partial charge in [0.2, 0.25) is 0 Å². The molecule has 112 valence electrons. The lowest BCUT2D eigenvalue weighted by atomic mass is 9.85. The van der Waals surface area contributed by atoms with Gasteiger partial charge in [-0.05, 0) is 55.5 Å². The van der Waals surface area contributed by atoms with Crippen molar-refractivity contribution in [3.05, 3.63) is 35.4 Å². The Bertz CT molecular complexity index is 496. The van der Waals surface area contributed by atoms with E-state index in [1.807, 2.05) is 24.3 Å². The van der Waals surface area contributed by atoms with Crippen LogP contribution in [0.15, 0.2) is 24.3 Å². The van der Waals surface area contributed by atoms with E-state index in [4.69, 9.17) is 5.26 Å². The van der Waals surface area contributed by atoms with Crippen LogP contribution in [0, 0.1) is 23.2 Å². The van der Waals surface area contributed by atoms with Crippen molar-refractivity contribution in [2.75, 3.05) is 32.7 Å². The van der Waals surface area contributed by atoms with Gasteiger partial charge in [0.15, 0.2) is 0 Å².